The molecule has 2 aromatic rings. The van der Waals surface area contributed by atoms with Crippen molar-refractivity contribution < 1.29 is 4.79 Å². The lowest BCUT2D eigenvalue weighted by Crippen LogP contribution is -2.34. The summed E-state index contributed by atoms with van der Waals surface area (Å²) in [7, 11) is 5.47. The maximum absolute atomic E-state index is 11.6. The van der Waals surface area contributed by atoms with Gasteiger partial charge in [0.1, 0.15) is 5.01 Å². The van der Waals surface area contributed by atoms with Gasteiger partial charge in [-0.25, -0.2) is 4.98 Å². The normalized spacial score (nSPS) is 10.8. The predicted octanol–water partition coefficient (Wildman–Crippen LogP) is 2.33. The molecule has 20 heavy (non-hydrogen) atoms. The third-order valence-electron chi connectivity index (χ3n) is 2.91. The van der Waals surface area contributed by atoms with Crippen molar-refractivity contribution in [1.82, 2.24) is 14.8 Å². The molecule has 1 amide bonds. The van der Waals surface area contributed by atoms with Gasteiger partial charge in [-0.05, 0) is 7.05 Å². The highest BCUT2D eigenvalue weighted by Crippen LogP contribution is 2.23. The summed E-state index contributed by atoms with van der Waals surface area (Å²) in [4.78, 5) is 19.8. The number of benzene rings is 1. The molecule has 2 rings (SSSR count). The number of likely N-dealkylation sites (N-methyl/N-ethyl adjacent to an activating group) is 2. The van der Waals surface area contributed by atoms with E-state index in [4.69, 9.17) is 0 Å². The molecule has 0 aliphatic heterocycles. The van der Waals surface area contributed by atoms with Gasteiger partial charge in [0.25, 0.3) is 0 Å². The standard InChI is InChI=1S/C15H19N3OS/c1-17(2)14(19)10-18(3)9-13-11-20-15(16-13)12-7-5-4-6-8-12/h4-8,11H,9-10H2,1-3H3. The highest BCUT2D eigenvalue weighted by molar-refractivity contribution is 7.13. The number of amides is 1. The van der Waals surface area contributed by atoms with Crippen molar-refractivity contribution in [2.24, 2.45) is 0 Å². The van der Waals surface area contributed by atoms with E-state index in [-0.39, 0.29) is 5.91 Å². The number of hydrogen-bond acceptors (Lipinski definition) is 4. The van der Waals surface area contributed by atoms with E-state index >= 15 is 0 Å². The number of thiazole rings is 1. The second-order valence-corrected chi connectivity index (χ2v) is 5.83. The Bertz CT molecular complexity index is 566. The van der Waals surface area contributed by atoms with Crippen LogP contribution in [0.15, 0.2) is 35.7 Å². The first kappa shape index (κ1) is 14.7. The van der Waals surface area contributed by atoms with E-state index in [0.717, 1.165) is 16.3 Å². The number of aromatic nitrogens is 1. The summed E-state index contributed by atoms with van der Waals surface area (Å²) in [6.07, 6.45) is 0. The van der Waals surface area contributed by atoms with E-state index in [2.05, 4.69) is 22.5 Å². The van der Waals surface area contributed by atoms with Gasteiger partial charge in [0.05, 0.1) is 12.2 Å². The van der Waals surface area contributed by atoms with Crippen molar-refractivity contribution in [2.45, 2.75) is 6.54 Å². The zero-order chi connectivity index (χ0) is 14.5. The van der Waals surface area contributed by atoms with Crippen molar-refractivity contribution in [1.29, 1.82) is 0 Å². The Morgan fingerprint density at radius 1 is 1.20 bits per heavy atom. The number of hydrogen-bond donors (Lipinski definition) is 0. The lowest BCUT2D eigenvalue weighted by atomic mass is 10.2. The third-order valence-corrected chi connectivity index (χ3v) is 3.85. The summed E-state index contributed by atoms with van der Waals surface area (Å²) in [5, 5.41) is 3.08. The molecule has 0 bridgehead atoms. The maximum Gasteiger partial charge on any atom is 0.236 e. The monoisotopic (exact) mass is 289 g/mol. The molecule has 0 aliphatic carbocycles. The summed E-state index contributed by atoms with van der Waals surface area (Å²) in [6.45, 7) is 1.09. The molecule has 106 valence electrons. The molecule has 0 spiro atoms. The second kappa shape index (κ2) is 6.63. The Morgan fingerprint density at radius 2 is 1.90 bits per heavy atom. The Balaban J connectivity index is 1.98. The quantitative estimate of drug-likeness (QED) is 0.847. The summed E-state index contributed by atoms with van der Waals surface area (Å²) >= 11 is 1.64. The topological polar surface area (TPSA) is 36.4 Å². The molecule has 1 heterocycles. The first-order valence-corrected chi connectivity index (χ1v) is 7.32. The van der Waals surface area contributed by atoms with E-state index in [1.54, 1.807) is 30.3 Å². The Labute approximate surface area is 123 Å². The van der Waals surface area contributed by atoms with Gasteiger partial charge in [-0.2, -0.15) is 0 Å². The fourth-order valence-electron chi connectivity index (χ4n) is 1.80. The van der Waals surface area contributed by atoms with Gasteiger partial charge in [-0.15, -0.1) is 11.3 Å². The summed E-state index contributed by atoms with van der Waals surface area (Å²) < 4.78 is 0. The molecule has 4 nitrogen and oxygen atoms in total. The second-order valence-electron chi connectivity index (χ2n) is 4.97. The summed E-state index contributed by atoms with van der Waals surface area (Å²) in [5.74, 6) is 0.103. The summed E-state index contributed by atoms with van der Waals surface area (Å²) in [5.41, 5.74) is 2.14. The van der Waals surface area contributed by atoms with Crippen LogP contribution < -0.4 is 0 Å². The fourth-order valence-corrected chi connectivity index (χ4v) is 2.61. The van der Waals surface area contributed by atoms with Gasteiger partial charge in [0, 0.05) is 31.6 Å². The van der Waals surface area contributed by atoms with Crippen LogP contribution in [0.5, 0.6) is 0 Å². The molecule has 0 radical (unpaired) electrons. The number of carbonyl (C=O) groups excluding carboxylic acids is 1. The average Bonchev–Trinajstić information content (AvgIpc) is 2.88. The van der Waals surface area contributed by atoms with E-state index in [1.807, 2.05) is 30.1 Å². The van der Waals surface area contributed by atoms with Crippen LogP contribution in [-0.2, 0) is 11.3 Å². The molecule has 0 atom stereocenters. The van der Waals surface area contributed by atoms with Crippen LogP contribution in [0.2, 0.25) is 0 Å². The van der Waals surface area contributed by atoms with Gasteiger partial charge >= 0.3 is 0 Å². The lowest BCUT2D eigenvalue weighted by molar-refractivity contribution is -0.129. The molecule has 1 aromatic carbocycles. The molecule has 0 N–H and O–H groups in total. The maximum atomic E-state index is 11.6. The van der Waals surface area contributed by atoms with Crippen LogP contribution in [0.1, 0.15) is 5.69 Å². The average molecular weight is 289 g/mol. The Hall–Kier alpha value is -1.72. The number of nitrogens with zero attached hydrogens (tertiary/aromatic N) is 3. The van der Waals surface area contributed by atoms with E-state index in [1.165, 1.54) is 0 Å². The molecule has 0 saturated carbocycles. The van der Waals surface area contributed by atoms with Gasteiger partial charge < -0.3 is 4.90 Å². The minimum Gasteiger partial charge on any atom is -0.348 e. The van der Waals surface area contributed by atoms with Crippen LogP contribution in [0.4, 0.5) is 0 Å². The molecule has 1 aromatic heterocycles. The van der Waals surface area contributed by atoms with Gasteiger partial charge in [-0.1, -0.05) is 30.3 Å². The minimum absolute atomic E-state index is 0.103. The molecule has 0 aliphatic rings. The zero-order valence-electron chi connectivity index (χ0n) is 12.0. The molecule has 0 unspecified atom stereocenters. The highest BCUT2D eigenvalue weighted by Gasteiger charge is 2.11. The van der Waals surface area contributed by atoms with Crippen LogP contribution in [0, 0.1) is 0 Å². The first-order valence-electron chi connectivity index (χ1n) is 6.45. The van der Waals surface area contributed by atoms with Crippen LogP contribution >= 0.6 is 11.3 Å². The van der Waals surface area contributed by atoms with Crippen molar-refractivity contribution >= 4 is 17.2 Å². The molecule has 0 fully saturated rings. The summed E-state index contributed by atoms with van der Waals surface area (Å²) in [6, 6.07) is 10.1. The van der Waals surface area contributed by atoms with Crippen molar-refractivity contribution in [3.63, 3.8) is 0 Å². The number of rotatable bonds is 5. The van der Waals surface area contributed by atoms with Crippen molar-refractivity contribution in [2.75, 3.05) is 27.7 Å². The molecular weight excluding hydrogens is 270 g/mol. The minimum atomic E-state index is 0.103. The van der Waals surface area contributed by atoms with Crippen molar-refractivity contribution in [3.05, 3.63) is 41.4 Å². The highest BCUT2D eigenvalue weighted by atomic mass is 32.1. The van der Waals surface area contributed by atoms with Crippen LogP contribution in [0.3, 0.4) is 0 Å². The van der Waals surface area contributed by atoms with Crippen LogP contribution in [-0.4, -0.2) is 48.4 Å². The molecule has 5 heteroatoms. The first-order chi connectivity index (χ1) is 9.56. The largest absolute Gasteiger partial charge is 0.348 e. The van der Waals surface area contributed by atoms with Gasteiger partial charge in [0.15, 0.2) is 0 Å². The van der Waals surface area contributed by atoms with Gasteiger partial charge in [-0.3, -0.25) is 9.69 Å². The van der Waals surface area contributed by atoms with Gasteiger partial charge in [0.2, 0.25) is 5.91 Å². The Morgan fingerprint density at radius 3 is 2.55 bits per heavy atom. The Kier molecular flexibility index (Phi) is 4.87. The predicted molar refractivity (Wildman–Crippen MR) is 82.6 cm³/mol. The van der Waals surface area contributed by atoms with E-state index < -0.39 is 0 Å². The van der Waals surface area contributed by atoms with E-state index in [0.29, 0.717) is 13.1 Å². The van der Waals surface area contributed by atoms with Crippen molar-refractivity contribution in [3.8, 4) is 10.6 Å². The smallest absolute Gasteiger partial charge is 0.236 e. The van der Waals surface area contributed by atoms with E-state index in [9.17, 15) is 4.79 Å². The fraction of sp³-hybridized carbons (Fsp3) is 0.333. The lowest BCUT2D eigenvalue weighted by Gasteiger charge is -2.17. The molecular formula is C15H19N3OS. The SMILES string of the molecule is CN(CC(=O)N(C)C)Cc1csc(-c2ccccc2)n1. The molecule has 0 saturated heterocycles. The third kappa shape index (κ3) is 3.88. The zero-order valence-corrected chi connectivity index (χ0v) is 12.9. The van der Waals surface area contributed by atoms with Crippen LogP contribution in [0.25, 0.3) is 10.6 Å². The number of carbonyl (C=O) groups is 1.